The Morgan fingerprint density at radius 3 is 2.47 bits per heavy atom. The number of morpholine rings is 1. The van der Waals surface area contributed by atoms with Crippen molar-refractivity contribution in [2.45, 2.75) is 37.3 Å². The standard InChI is InChI=1S/C19H28N2O4.C2HF3O2/c1-20(2)10-12-23-17-9-8-16-19(17)24-13-11-21(16)18(22)14-25-15-6-4-3-5-7-15;3-2(4,5)1(6)7/h3-7,16-17,19H,8-14H2,1-2H3;(H,6,7)/t16-,17+,19+;/m0./s1. The highest BCUT2D eigenvalue weighted by Gasteiger charge is 2.45. The molecule has 0 unspecified atom stereocenters. The number of benzene rings is 1. The number of ether oxygens (including phenoxy) is 3. The first kappa shape index (κ1) is 25.9. The van der Waals surface area contributed by atoms with Crippen molar-refractivity contribution in [2.75, 3.05) is 47.0 Å². The van der Waals surface area contributed by atoms with Crippen molar-refractivity contribution in [1.82, 2.24) is 9.80 Å². The van der Waals surface area contributed by atoms with Gasteiger partial charge < -0.3 is 29.1 Å². The summed E-state index contributed by atoms with van der Waals surface area (Å²) in [6.45, 7) is 2.84. The lowest BCUT2D eigenvalue weighted by atomic mass is 10.1. The Hall–Kier alpha value is -2.37. The molecule has 1 aromatic carbocycles. The smallest absolute Gasteiger partial charge is 0.484 e. The van der Waals surface area contributed by atoms with Crippen LogP contribution < -0.4 is 4.74 Å². The van der Waals surface area contributed by atoms with Crippen molar-refractivity contribution >= 4 is 11.9 Å². The number of likely N-dealkylation sites (N-methyl/N-ethyl adjacent to an activating group) is 1. The van der Waals surface area contributed by atoms with E-state index in [2.05, 4.69) is 4.90 Å². The van der Waals surface area contributed by atoms with Gasteiger partial charge in [-0.05, 0) is 39.1 Å². The number of alkyl halides is 3. The zero-order chi connectivity index (χ0) is 23.7. The Kier molecular flexibility index (Phi) is 9.73. The van der Waals surface area contributed by atoms with Crippen molar-refractivity contribution in [2.24, 2.45) is 0 Å². The SMILES string of the molecule is CN(C)CCO[C@@H]1CC[C@H]2[C@H]1OCCN2C(=O)COc1ccccc1.O=C(O)C(F)(F)F. The Morgan fingerprint density at radius 1 is 1.22 bits per heavy atom. The number of nitrogens with zero attached hydrogens (tertiary/aromatic N) is 2. The summed E-state index contributed by atoms with van der Waals surface area (Å²) in [5.74, 6) is -2.01. The van der Waals surface area contributed by atoms with E-state index in [1.165, 1.54) is 0 Å². The van der Waals surface area contributed by atoms with Crippen LogP contribution in [-0.2, 0) is 19.1 Å². The average molecular weight is 462 g/mol. The molecule has 1 amide bonds. The second-order valence-corrected chi connectivity index (χ2v) is 7.68. The van der Waals surface area contributed by atoms with Gasteiger partial charge in [0.1, 0.15) is 11.9 Å². The number of carboxylic acid groups (broad SMARTS) is 1. The highest BCUT2D eigenvalue weighted by atomic mass is 19.4. The molecule has 2 fully saturated rings. The number of fused-ring (bicyclic) bond motifs is 1. The molecule has 0 spiro atoms. The molecule has 3 rings (SSSR count). The molecule has 8 nitrogen and oxygen atoms in total. The summed E-state index contributed by atoms with van der Waals surface area (Å²) in [4.78, 5) is 25.5. The molecule has 1 heterocycles. The third kappa shape index (κ3) is 7.95. The number of carbonyl (C=O) groups excluding carboxylic acids is 1. The van der Waals surface area contributed by atoms with Crippen LogP contribution in [0, 0.1) is 0 Å². The van der Waals surface area contributed by atoms with Crippen molar-refractivity contribution in [3.05, 3.63) is 30.3 Å². The van der Waals surface area contributed by atoms with Crippen LogP contribution in [0.15, 0.2) is 30.3 Å². The number of carbonyl (C=O) groups is 2. The topological polar surface area (TPSA) is 88.5 Å². The fraction of sp³-hybridized carbons (Fsp3) is 0.619. The van der Waals surface area contributed by atoms with Crippen LogP contribution in [0.5, 0.6) is 5.75 Å². The second kappa shape index (κ2) is 12.0. The Morgan fingerprint density at radius 2 is 1.88 bits per heavy atom. The van der Waals surface area contributed by atoms with Crippen LogP contribution in [0.4, 0.5) is 13.2 Å². The van der Waals surface area contributed by atoms with E-state index in [4.69, 9.17) is 24.1 Å². The molecule has 1 aliphatic heterocycles. The molecule has 0 radical (unpaired) electrons. The monoisotopic (exact) mass is 462 g/mol. The van der Waals surface area contributed by atoms with Gasteiger partial charge in [-0.1, -0.05) is 18.2 Å². The van der Waals surface area contributed by atoms with Crippen molar-refractivity contribution < 1.29 is 42.1 Å². The van der Waals surface area contributed by atoms with Gasteiger partial charge in [-0.3, -0.25) is 4.79 Å². The quantitative estimate of drug-likeness (QED) is 0.664. The van der Waals surface area contributed by atoms with Crippen LogP contribution in [0.1, 0.15) is 12.8 Å². The van der Waals surface area contributed by atoms with E-state index in [0.29, 0.717) is 19.8 Å². The Labute approximate surface area is 184 Å². The van der Waals surface area contributed by atoms with Crippen molar-refractivity contribution in [3.63, 3.8) is 0 Å². The molecular formula is C21H29F3N2O6. The predicted molar refractivity (Wildman–Crippen MR) is 108 cm³/mol. The van der Waals surface area contributed by atoms with E-state index >= 15 is 0 Å². The average Bonchev–Trinajstić information content (AvgIpc) is 3.15. The number of aliphatic carboxylic acids is 1. The lowest BCUT2D eigenvalue weighted by Gasteiger charge is -2.39. The zero-order valence-electron chi connectivity index (χ0n) is 18.1. The molecule has 2 aliphatic rings. The molecule has 1 aromatic rings. The minimum atomic E-state index is -5.08. The summed E-state index contributed by atoms with van der Waals surface area (Å²) in [5.41, 5.74) is 0. The van der Waals surface area contributed by atoms with Crippen LogP contribution in [0.25, 0.3) is 0 Å². The first-order valence-corrected chi connectivity index (χ1v) is 10.2. The molecule has 32 heavy (non-hydrogen) atoms. The van der Waals surface area contributed by atoms with E-state index in [1.807, 2.05) is 49.3 Å². The first-order chi connectivity index (χ1) is 15.1. The Balaban J connectivity index is 0.000000451. The Bertz CT molecular complexity index is 732. The maximum atomic E-state index is 12.6. The number of halogens is 3. The third-order valence-electron chi connectivity index (χ3n) is 5.07. The van der Waals surface area contributed by atoms with E-state index in [0.717, 1.165) is 25.1 Å². The van der Waals surface area contributed by atoms with E-state index in [-0.39, 0.29) is 30.8 Å². The first-order valence-electron chi connectivity index (χ1n) is 10.2. The number of para-hydroxylation sites is 1. The molecule has 0 aromatic heterocycles. The predicted octanol–water partition coefficient (Wildman–Crippen LogP) is 2.04. The zero-order valence-corrected chi connectivity index (χ0v) is 18.1. The molecule has 180 valence electrons. The minimum Gasteiger partial charge on any atom is -0.484 e. The van der Waals surface area contributed by atoms with Crippen LogP contribution in [0.2, 0.25) is 0 Å². The maximum Gasteiger partial charge on any atom is 0.490 e. The number of hydrogen-bond acceptors (Lipinski definition) is 6. The number of carboxylic acids is 1. The van der Waals surface area contributed by atoms with Crippen LogP contribution in [-0.4, -0.2) is 98.2 Å². The molecule has 0 bridgehead atoms. The minimum absolute atomic E-state index is 0.0170. The van der Waals surface area contributed by atoms with Gasteiger partial charge in [0.2, 0.25) is 0 Å². The lowest BCUT2D eigenvalue weighted by molar-refractivity contribution is -0.192. The van der Waals surface area contributed by atoms with E-state index in [9.17, 15) is 18.0 Å². The van der Waals surface area contributed by atoms with Gasteiger partial charge in [0.05, 0.1) is 25.4 Å². The van der Waals surface area contributed by atoms with Gasteiger partial charge >= 0.3 is 12.1 Å². The summed E-state index contributed by atoms with van der Waals surface area (Å²) < 4.78 is 49.3. The summed E-state index contributed by atoms with van der Waals surface area (Å²) in [6, 6.07) is 9.55. The highest BCUT2D eigenvalue weighted by molar-refractivity contribution is 5.78. The fourth-order valence-electron chi connectivity index (χ4n) is 3.54. The number of amides is 1. The number of hydrogen-bond donors (Lipinski definition) is 1. The van der Waals surface area contributed by atoms with Gasteiger partial charge in [0.25, 0.3) is 5.91 Å². The molecule has 3 atom stereocenters. The molecule has 1 N–H and O–H groups in total. The summed E-state index contributed by atoms with van der Waals surface area (Å²) >= 11 is 0. The summed E-state index contributed by atoms with van der Waals surface area (Å²) in [5, 5.41) is 7.12. The molecule has 1 saturated carbocycles. The van der Waals surface area contributed by atoms with Gasteiger partial charge in [0.15, 0.2) is 6.61 Å². The number of rotatable bonds is 7. The highest BCUT2D eigenvalue weighted by Crippen LogP contribution is 2.32. The lowest BCUT2D eigenvalue weighted by Crippen LogP contribution is -2.55. The molecule has 1 saturated heterocycles. The third-order valence-corrected chi connectivity index (χ3v) is 5.07. The maximum absolute atomic E-state index is 12.6. The molecule has 11 heteroatoms. The van der Waals surface area contributed by atoms with Gasteiger partial charge in [-0.15, -0.1) is 0 Å². The van der Waals surface area contributed by atoms with Gasteiger partial charge in [-0.2, -0.15) is 13.2 Å². The summed E-state index contributed by atoms with van der Waals surface area (Å²) in [7, 11) is 4.07. The fourth-order valence-corrected chi connectivity index (χ4v) is 3.54. The van der Waals surface area contributed by atoms with Gasteiger partial charge in [0, 0.05) is 13.1 Å². The van der Waals surface area contributed by atoms with E-state index < -0.39 is 12.1 Å². The second-order valence-electron chi connectivity index (χ2n) is 7.68. The van der Waals surface area contributed by atoms with Crippen LogP contribution >= 0.6 is 0 Å². The van der Waals surface area contributed by atoms with Gasteiger partial charge in [-0.25, -0.2) is 4.79 Å². The van der Waals surface area contributed by atoms with Crippen molar-refractivity contribution in [1.29, 1.82) is 0 Å². The largest absolute Gasteiger partial charge is 0.490 e. The molecular weight excluding hydrogens is 433 g/mol. The normalized spacial score (nSPS) is 22.7. The summed E-state index contributed by atoms with van der Waals surface area (Å²) in [6.07, 6.45) is -3.16. The van der Waals surface area contributed by atoms with Crippen LogP contribution in [0.3, 0.4) is 0 Å². The molecule has 1 aliphatic carbocycles. The van der Waals surface area contributed by atoms with Crippen molar-refractivity contribution in [3.8, 4) is 5.75 Å². The van der Waals surface area contributed by atoms with E-state index in [1.54, 1.807) is 0 Å².